The molecule has 0 fully saturated rings. The summed E-state index contributed by atoms with van der Waals surface area (Å²) in [5.74, 6) is -0.298. The number of nitrogens with zero attached hydrogens (tertiary/aromatic N) is 3. The fraction of sp³-hybridized carbons (Fsp3) is 0.421. The van der Waals surface area contributed by atoms with Crippen molar-refractivity contribution in [3.05, 3.63) is 104 Å². The largest absolute Gasteiger partial charge is 0.444 e. The van der Waals surface area contributed by atoms with Gasteiger partial charge in [-0.2, -0.15) is 0 Å². The average Bonchev–Trinajstić information content (AvgIpc) is 3.83. The van der Waals surface area contributed by atoms with E-state index in [4.69, 9.17) is 4.74 Å². The lowest BCUT2D eigenvalue weighted by atomic mass is 9.95. The first-order valence-electron chi connectivity index (χ1n) is 17.4. The number of benzene rings is 2. The minimum absolute atomic E-state index is 0.130. The molecule has 4 aromatic rings. The molecular weight excluding hydrogens is 699 g/mol. The Morgan fingerprint density at radius 2 is 1.48 bits per heavy atom. The van der Waals surface area contributed by atoms with Crippen LogP contribution < -0.4 is 21.3 Å². The monoisotopic (exact) mass is 747 g/mol. The number of hydrogen-bond donors (Lipinski definition) is 4. The average molecular weight is 748 g/mol. The summed E-state index contributed by atoms with van der Waals surface area (Å²) in [6.45, 7) is 6.17. The second-order valence-corrected chi connectivity index (χ2v) is 14.9. The van der Waals surface area contributed by atoms with Crippen molar-refractivity contribution in [1.82, 2.24) is 36.1 Å². The Kier molecular flexibility index (Phi) is 16.0. The van der Waals surface area contributed by atoms with Crippen LogP contribution in [0.1, 0.15) is 72.7 Å². The third-order valence-corrected chi connectivity index (χ3v) is 10.2. The van der Waals surface area contributed by atoms with E-state index in [0.717, 1.165) is 26.7 Å². The van der Waals surface area contributed by atoms with Gasteiger partial charge in [0.05, 0.1) is 27.6 Å². The van der Waals surface area contributed by atoms with Crippen LogP contribution in [0, 0.1) is 0 Å². The van der Waals surface area contributed by atoms with Gasteiger partial charge in [-0.3, -0.25) is 14.6 Å². The van der Waals surface area contributed by atoms with Crippen molar-refractivity contribution < 1.29 is 23.9 Å². The molecule has 0 aliphatic rings. The van der Waals surface area contributed by atoms with Crippen molar-refractivity contribution in [2.45, 2.75) is 90.1 Å². The topological polar surface area (TPSA) is 155 Å². The molecule has 0 aliphatic heterocycles. The zero-order chi connectivity index (χ0) is 37.3. The van der Waals surface area contributed by atoms with Gasteiger partial charge in [0, 0.05) is 50.1 Å². The molecule has 0 bridgehead atoms. The van der Waals surface area contributed by atoms with Crippen LogP contribution in [0.4, 0.5) is 9.59 Å². The lowest BCUT2D eigenvalue weighted by Crippen LogP contribution is -2.53. The van der Waals surface area contributed by atoms with Crippen LogP contribution in [-0.4, -0.2) is 70.5 Å². The zero-order valence-electron chi connectivity index (χ0n) is 30.2. The number of carbonyl (C=O) groups is 4. The van der Waals surface area contributed by atoms with Gasteiger partial charge in [0.15, 0.2) is 0 Å². The van der Waals surface area contributed by atoms with Gasteiger partial charge in [-0.1, -0.05) is 74.5 Å². The molecular formula is C38H49N7O5S2. The highest BCUT2D eigenvalue weighted by molar-refractivity contribution is 7.09. The van der Waals surface area contributed by atoms with Crippen LogP contribution in [0.3, 0.4) is 0 Å². The number of aromatic nitrogens is 2. The minimum atomic E-state index is -0.915. The maximum Gasteiger partial charge on any atom is 0.407 e. The molecule has 52 heavy (non-hydrogen) atoms. The third kappa shape index (κ3) is 14.1. The van der Waals surface area contributed by atoms with Crippen LogP contribution in [0.25, 0.3) is 0 Å². The number of urea groups is 1. The number of hydrogen-bond acceptors (Lipinski definition) is 9. The van der Waals surface area contributed by atoms with Crippen molar-refractivity contribution in [2.24, 2.45) is 0 Å². The molecule has 0 saturated heterocycles. The third-order valence-electron chi connectivity index (χ3n) is 8.24. The van der Waals surface area contributed by atoms with E-state index < -0.39 is 18.2 Å². The van der Waals surface area contributed by atoms with Crippen molar-refractivity contribution in [3.8, 4) is 0 Å². The Bertz CT molecular complexity index is 1690. The number of ether oxygens (including phenoxy) is 1. The first-order chi connectivity index (χ1) is 25.0. The minimum Gasteiger partial charge on any atom is -0.444 e. The second-order valence-electron chi connectivity index (χ2n) is 13.0. The summed E-state index contributed by atoms with van der Waals surface area (Å²) in [6, 6.07) is 17.8. The summed E-state index contributed by atoms with van der Waals surface area (Å²) in [7, 11) is 1.66. The van der Waals surface area contributed by atoms with E-state index in [1.165, 1.54) is 23.2 Å². The van der Waals surface area contributed by atoms with E-state index in [2.05, 4.69) is 45.1 Å². The SMILES string of the molecule is CC(=O)NCCC(NC(=O)N(C)Cc1csc(C(C)C)n1)C(=O)N[C@@H](CC[C@@H](Cc1ccccc1)NC(=O)OCc1cncs1)Cc1ccccc1. The molecule has 14 heteroatoms. The molecule has 0 radical (unpaired) electrons. The standard InChI is InChI=1S/C38H49N7O5S2/c1-26(2)36-42-32(24-51-36)22-45(4)37(48)44-34(17-18-40-27(3)46)35(47)41-30(19-28-11-7-5-8-12-28)15-16-31(20-29-13-9-6-10-14-29)43-38(49)50-23-33-21-39-25-52-33/h5-14,21,24-26,30-31,34H,15-20,22-23H2,1-4H3,(H,40,46)(H,41,47)(H,43,49)(H,44,48)/t30-,31-,34?/m0/s1. The predicted molar refractivity (Wildman–Crippen MR) is 204 cm³/mol. The van der Waals surface area contributed by atoms with Gasteiger partial charge in [-0.05, 0) is 43.2 Å². The molecule has 4 N–H and O–H groups in total. The van der Waals surface area contributed by atoms with Crippen LogP contribution in [-0.2, 0) is 40.3 Å². The van der Waals surface area contributed by atoms with Crippen molar-refractivity contribution in [1.29, 1.82) is 0 Å². The maximum atomic E-state index is 14.0. The molecule has 278 valence electrons. The molecule has 3 atom stereocenters. The molecule has 0 spiro atoms. The fourth-order valence-corrected chi connectivity index (χ4v) is 6.84. The molecule has 1 unspecified atom stereocenters. The van der Waals surface area contributed by atoms with E-state index in [1.54, 1.807) is 30.1 Å². The maximum absolute atomic E-state index is 14.0. The highest BCUT2D eigenvalue weighted by atomic mass is 32.1. The summed E-state index contributed by atoms with van der Waals surface area (Å²) >= 11 is 2.97. The van der Waals surface area contributed by atoms with E-state index in [-0.39, 0.29) is 55.9 Å². The number of thiazole rings is 2. The molecule has 2 aromatic carbocycles. The van der Waals surface area contributed by atoms with Crippen molar-refractivity contribution >= 4 is 46.6 Å². The smallest absolute Gasteiger partial charge is 0.407 e. The number of alkyl carbamates (subject to hydrolysis) is 1. The van der Waals surface area contributed by atoms with Crippen molar-refractivity contribution in [2.75, 3.05) is 13.6 Å². The Hall–Kier alpha value is -4.82. The first-order valence-corrected chi connectivity index (χ1v) is 19.2. The van der Waals surface area contributed by atoms with Gasteiger partial charge in [-0.25, -0.2) is 14.6 Å². The second kappa shape index (κ2) is 20.9. The Labute approximate surface area is 313 Å². The molecule has 5 amide bonds. The molecule has 12 nitrogen and oxygen atoms in total. The Balaban J connectivity index is 1.46. The Morgan fingerprint density at radius 1 is 0.846 bits per heavy atom. The van der Waals surface area contributed by atoms with Crippen LogP contribution in [0.5, 0.6) is 0 Å². The molecule has 4 rings (SSSR count). The quantitative estimate of drug-likeness (QED) is 0.0945. The molecule has 2 aromatic heterocycles. The van der Waals surface area contributed by atoms with E-state index in [9.17, 15) is 19.2 Å². The van der Waals surface area contributed by atoms with E-state index in [0.29, 0.717) is 25.7 Å². The highest BCUT2D eigenvalue weighted by Crippen LogP contribution is 2.20. The van der Waals surface area contributed by atoms with Gasteiger partial charge in [0.25, 0.3) is 0 Å². The molecule has 0 aliphatic carbocycles. The number of nitrogens with one attached hydrogen (secondary N) is 4. The van der Waals surface area contributed by atoms with E-state index in [1.807, 2.05) is 66.0 Å². The summed E-state index contributed by atoms with van der Waals surface area (Å²) in [5, 5.41) is 14.8. The lowest BCUT2D eigenvalue weighted by Gasteiger charge is -2.27. The van der Waals surface area contributed by atoms with Crippen LogP contribution in [0.2, 0.25) is 0 Å². The van der Waals surface area contributed by atoms with E-state index >= 15 is 0 Å². The molecule has 2 heterocycles. The lowest BCUT2D eigenvalue weighted by molar-refractivity contribution is -0.124. The highest BCUT2D eigenvalue weighted by Gasteiger charge is 2.26. The number of carbonyl (C=O) groups excluding carboxylic acids is 4. The van der Waals surface area contributed by atoms with Gasteiger partial charge in [0.1, 0.15) is 12.6 Å². The fourth-order valence-electron chi connectivity index (χ4n) is 5.51. The summed E-state index contributed by atoms with van der Waals surface area (Å²) in [4.78, 5) is 62.9. The van der Waals surface area contributed by atoms with Gasteiger partial charge in [-0.15, -0.1) is 22.7 Å². The van der Waals surface area contributed by atoms with Crippen LogP contribution in [0.15, 0.2) is 77.8 Å². The van der Waals surface area contributed by atoms with Crippen LogP contribution >= 0.6 is 22.7 Å². The Morgan fingerprint density at radius 3 is 2.04 bits per heavy atom. The normalized spacial score (nSPS) is 12.7. The van der Waals surface area contributed by atoms with Gasteiger partial charge < -0.3 is 30.9 Å². The zero-order valence-corrected chi connectivity index (χ0v) is 31.8. The first kappa shape index (κ1) is 40.0. The summed E-state index contributed by atoms with van der Waals surface area (Å²) < 4.78 is 5.49. The summed E-state index contributed by atoms with van der Waals surface area (Å²) in [6.07, 6.45) is 3.52. The van der Waals surface area contributed by atoms with Gasteiger partial charge >= 0.3 is 12.1 Å². The summed E-state index contributed by atoms with van der Waals surface area (Å²) in [5.41, 5.74) is 4.56. The molecule has 0 saturated carbocycles. The number of rotatable bonds is 19. The van der Waals surface area contributed by atoms with Gasteiger partial charge in [0.2, 0.25) is 11.8 Å². The predicted octanol–water partition coefficient (Wildman–Crippen LogP) is 5.80. The van der Waals surface area contributed by atoms with Crippen molar-refractivity contribution in [3.63, 3.8) is 0 Å². The number of amides is 5.